The molecule has 0 heterocycles. The Bertz CT molecular complexity index is 489. The minimum Gasteiger partial charge on any atom is -0.349 e. The van der Waals surface area contributed by atoms with Crippen molar-refractivity contribution < 1.29 is 9.18 Å². The Morgan fingerprint density at radius 2 is 2.05 bits per heavy atom. The summed E-state index contributed by atoms with van der Waals surface area (Å²) < 4.78 is 14.3. The van der Waals surface area contributed by atoms with Gasteiger partial charge in [0.15, 0.2) is 0 Å². The summed E-state index contributed by atoms with van der Waals surface area (Å²) in [4.78, 5) is 12.3. The smallest absolute Gasteiger partial charge is 0.254 e. The summed E-state index contributed by atoms with van der Waals surface area (Å²) in [6, 6.07) is 4.98. The van der Waals surface area contributed by atoms with Crippen molar-refractivity contribution >= 4 is 21.8 Å². The molecule has 1 aromatic rings. The van der Waals surface area contributed by atoms with Crippen LogP contribution in [0.15, 0.2) is 22.7 Å². The predicted octanol–water partition coefficient (Wildman–Crippen LogP) is 4.53. The molecule has 1 amide bonds. The van der Waals surface area contributed by atoms with E-state index in [1.165, 1.54) is 12.5 Å². The second-order valence-corrected chi connectivity index (χ2v) is 6.73. The van der Waals surface area contributed by atoms with Gasteiger partial charge in [0, 0.05) is 6.04 Å². The third kappa shape index (κ3) is 3.40. The second-order valence-electron chi connectivity index (χ2n) is 5.87. The highest BCUT2D eigenvalue weighted by atomic mass is 79.9. The van der Waals surface area contributed by atoms with Crippen molar-refractivity contribution in [3.05, 3.63) is 34.1 Å². The molecule has 0 saturated heterocycles. The fourth-order valence-corrected chi connectivity index (χ4v) is 3.43. The first-order chi connectivity index (χ1) is 9.50. The lowest BCUT2D eigenvalue weighted by atomic mass is 9.78. The van der Waals surface area contributed by atoms with Gasteiger partial charge in [0.25, 0.3) is 5.91 Å². The maximum absolute atomic E-state index is 14.0. The number of rotatable bonds is 3. The van der Waals surface area contributed by atoms with E-state index in [4.69, 9.17) is 0 Å². The van der Waals surface area contributed by atoms with Crippen LogP contribution in [-0.4, -0.2) is 11.9 Å². The van der Waals surface area contributed by atoms with Crippen LogP contribution < -0.4 is 5.32 Å². The third-order valence-corrected chi connectivity index (χ3v) is 4.80. The molecule has 0 aromatic heterocycles. The van der Waals surface area contributed by atoms with Crippen molar-refractivity contribution in [2.45, 2.75) is 45.6 Å². The predicted molar refractivity (Wildman–Crippen MR) is 82.2 cm³/mol. The van der Waals surface area contributed by atoms with Gasteiger partial charge in [-0.2, -0.15) is 0 Å². The van der Waals surface area contributed by atoms with E-state index >= 15 is 0 Å². The molecule has 1 saturated carbocycles. The first-order valence-corrected chi connectivity index (χ1v) is 8.05. The van der Waals surface area contributed by atoms with Gasteiger partial charge in [-0.05, 0) is 52.7 Å². The van der Waals surface area contributed by atoms with Gasteiger partial charge >= 0.3 is 0 Å². The number of hydrogen-bond acceptors (Lipinski definition) is 1. The maximum atomic E-state index is 14.0. The number of hydrogen-bond donors (Lipinski definition) is 1. The van der Waals surface area contributed by atoms with E-state index < -0.39 is 5.82 Å². The highest BCUT2D eigenvalue weighted by Gasteiger charge is 2.29. The van der Waals surface area contributed by atoms with Gasteiger partial charge in [0.1, 0.15) is 5.82 Å². The van der Waals surface area contributed by atoms with Crippen LogP contribution in [0.1, 0.15) is 49.9 Å². The lowest BCUT2D eigenvalue weighted by Gasteiger charge is -2.34. The van der Waals surface area contributed by atoms with Gasteiger partial charge in [-0.1, -0.05) is 32.8 Å². The van der Waals surface area contributed by atoms with Crippen molar-refractivity contribution in [3.8, 4) is 0 Å². The number of carbonyl (C=O) groups excluding carboxylic acids is 1. The Hall–Kier alpha value is -0.900. The second kappa shape index (κ2) is 6.70. The Kier molecular flexibility index (Phi) is 5.19. The van der Waals surface area contributed by atoms with Crippen molar-refractivity contribution in [3.63, 3.8) is 0 Å². The zero-order chi connectivity index (χ0) is 14.7. The molecular formula is C16H21BrFNO. The van der Waals surface area contributed by atoms with Crippen LogP contribution in [0.3, 0.4) is 0 Å². The van der Waals surface area contributed by atoms with E-state index in [0.717, 1.165) is 19.3 Å². The summed E-state index contributed by atoms with van der Waals surface area (Å²) in [5.41, 5.74) is 0.118. The van der Waals surface area contributed by atoms with E-state index in [1.807, 2.05) is 0 Å². The van der Waals surface area contributed by atoms with Gasteiger partial charge in [0.2, 0.25) is 0 Å². The zero-order valence-corrected chi connectivity index (χ0v) is 13.5. The summed E-state index contributed by atoms with van der Waals surface area (Å²) in [6.45, 7) is 4.38. The first kappa shape index (κ1) is 15.5. The Balaban J connectivity index is 2.12. The lowest BCUT2D eigenvalue weighted by Crippen LogP contribution is -2.44. The van der Waals surface area contributed by atoms with Crippen LogP contribution in [-0.2, 0) is 0 Å². The molecule has 20 heavy (non-hydrogen) atoms. The Labute approximate surface area is 128 Å². The van der Waals surface area contributed by atoms with Crippen LogP contribution in [0.5, 0.6) is 0 Å². The molecule has 1 aromatic carbocycles. The molecule has 2 atom stereocenters. The van der Waals surface area contributed by atoms with Gasteiger partial charge in [0.05, 0.1) is 10.0 Å². The number of carbonyl (C=O) groups is 1. The fourth-order valence-electron chi connectivity index (χ4n) is 3.06. The number of benzene rings is 1. The Morgan fingerprint density at radius 3 is 2.75 bits per heavy atom. The molecule has 1 aliphatic rings. The van der Waals surface area contributed by atoms with E-state index in [2.05, 4.69) is 35.1 Å². The summed E-state index contributed by atoms with van der Waals surface area (Å²) in [7, 11) is 0. The minimum atomic E-state index is -0.484. The first-order valence-electron chi connectivity index (χ1n) is 7.25. The van der Waals surface area contributed by atoms with Crippen LogP contribution >= 0.6 is 15.9 Å². The van der Waals surface area contributed by atoms with Crippen molar-refractivity contribution in [1.29, 1.82) is 0 Å². The molecule has 1 N–H and O–H groups in total. The molecule has 110 valence electrons. The quantitative estimate of drug-likeness (QED) is 0.859. The van der Waals surface area contributed by atoms with Gasteiger partial charge in [-0.25, -0.2) is 4.39 Å². The molecule has 2 unspecified atom stereocenters. The average Bonchev–Trinajstić information content (AvgIpc) is 2.42. The zero-order valence-electron chi connectivity index (χ0n) is 12.0. The summed E-state index contributed by atoms with van der Waals surface area (Å²) in [5, 5.41) is 3.03. The summed E-state index contributed by atoms with van der Waals surface area (Å²) >= 11 is 3.12. The molecule has 1 fully saturated rings. The number of nitrogens with one attached hydrogen (secondary N) is 1. The third-order valence-electron chi connectivity index (χ3n) is 4.19. The minimum absolute atomic E-state index is 0.118. The van der Waals surface area contributed by atoms with Gasteiger partial charge < -0.3 is 5.32 Å². The van der Waals surface area contributed by atoms with Crippen LogP contribution in [0.4, 0.5) is 4.39 Å². The van der Waals surface area contributed by atoms with E-state index in [0.29, 0.717) is 16.3 Å². The lowest BCUT2D eigenvalue weighted by molar-refractivity contribution is 0.0885. The van der Waals surface area contributed by atoms with E-state index in [-0.39, 0.29) is 17.5 Å². The SMILES string of the molecule is CC(C)C1CCCCC1NC(=O)c1cccc(Br)c1F. The van der Waals surface area contributed by atoms with Crippen LogP contribution in [0, 0.1) is 17.7 Å². The van der Waals surface area contributed by atoms with E-state index in [9.17, 15) is 9.18 Å². The molecule has 2 rings (SSSR count). The standard InChI is InChI=1S/C16H21BrFNO/c1-10(2)11-6-3-4-9-14(11)19-16(20)12-7-5-8-13(17)15(12)18/h5,7-8,10-11,14H,3-4,6,9H2,1-2H3,(H,19,20). The number of halogens is 2. The summed E-state index contributed by atoms with van der Waals surface area (Å²) in [6.07, 6.45) is 4.49. The van der Waals surface area contributed by atoms with Crippen molar-refractivity contribution in [2.24, 2.45) is 11.8 Å². The molecular weight excluding hydrogens is 321 g/mol. The Morgan fingerprint density at radius 1 is 1.35 bits per heavy atom. The molecule has 4 heteroatoms. The van der Waals surface area contributed by atoms with Gasteiger partial charge in [-0.15, -0.1) is 0 Å². The molecule has 0 bridgehead atoms. The van der Waals surface area contributed by atoms with E-state index in [1.54, 1.807) is 12.1 Å². The molecule has 2 nitrogen and oxygen atoms in total. The molecule has 0 radical (unpaired) electrons. The number of amides is 1. The fraction of sp³-hybridized carbons (Fsp3) is 0.562. The molecule has 1 aliphatic carbocycles. The molecule has 0 spiro atoms. The maximum Gasteiger partial charge on any atom is 0.254 e. The highest BCUT2D eigenvalue weighted by Crippen LogP contribution is 2.30. The summed E-state index contributed by atoms with van der Waals surface area (Å²) in [5.74, 6) is 0.235. The topological polar surface area (TPSA) is 29.1 Å². The largest absolute Gasteiger partial charge is 0.349 e. The van der Waals surface area contributed by atoms with Gasteiger partial charge in [-0.3, -0.25) is 4.79 Å². The van der Waals surface area contributed by atoms with Crippen molar-refractivity contribution in [1.82, 2.24) is 5.32 Å². The van der Waals surface area contributed by atoms with Crippen LogP contribution in [0.2, 0.25) is 0 Å². The van der Waals surface area contributed by atoms with Crippen LogP contribution in [0.25, 0.3) is 0 Å². The molecule has 0 aliphatic heterocycles. The highest BCUT2D eigenvalue weighted by molar-refractivity contribution is 9.10. The normalized spacial score (nSPS) is 22.9. The average molecular weight is 342 g/mol. The monoisotopic (exact) mass is 341 g/mol. The van der Waals surface area contributed by atoms with Crippen molar-refractivity contribution in [2.75, 3.05) is 0 Å².